The van der Waals surface area contributed by atoms with Gasteiger partial charge in [0.25, 0.3) is 0 Å². The Bertz CT molecular complexity index is 237. The third-order valence-electron chi connectivity index (χ3n) is 4.33. The highest BCUT2D eigenvalue weighted by molar-refractivity contribution is 5.74. The highest BCUT2D eigenvalue weighted by atomic mass is 16.4. The molecule has 0 amide bonds. The van der Waals surface area contributed by atoms with Crippen molar-refractivity contribution >= 4 is 5.97 Å². The molecular formula is C15H31NO2. The zero-order chi connectivity index (χ0) is 14.2. The fourth-order valence-corrected chi connectivity index (χ4v) is 2.31. The van der Waals surface area contributed by atoms with Crippen LogP contribution in [0, 0.1) is 5.41 Å². The molecule has 0 fully saturated rings. The number of nitrogens with zero attached hydrogens (tertiary/aromatic N) is 1. The Morgan fingerprint density at radius 1 is 1.22 bits per heavy atom. The molecule has 3 nitrogen and oxygen atoms in total. The van der Waals surface area contributed by atoms with E-state index in [2.05, 4.69) is 25.7 Å². The summed E-state index contributed by atoms with van der Waals surface area (Å²) in [7, 11) is 0. The molecule has 0 radical (unpaired) electrons. The lowest BCUT2D eigenvalue weighted by Gasteiger charge is -2.37. The van der Waals surface area contributed by atoms with Crippen molar-refractivity contribution in [1.29, 1.82) is 0 Å². The molecule has 0 aromatic rings. The Hall–Kier alpha value is -0.570. The van der Waals surface area contributed by atoms with Gasteiger partial charge in [-0.3, -0.25) is 9.69 Å². The van der Waals surface area contributed by atoms with Crippen molar-refractivity contribution in [2.24, 2.45) is 5.41 Å². The molecule has 0 rings (SSSR count). The highest BCUT2D eigenvalue weighted by Crippen LogP contribution is 2.29. The van der Waals surface area contributed by atoms with E-state index in [1.807, 2.05) is 13.8 Å². The van der Waals surface area contributed by atoms with Gasteiger partial charge >= 0.3 is 5.97 Å². The van der Waals surface area contributed by atoms with Crippen LogP contribution in [-0.2, 0) is 4.79 Å². The minimum absolute atomic E-state index is 0.466. The first-order valence-corrected chi connectivity index (χ1v) is 7.44. The Morgan fingerprint density at radius 2 is 1.78 bits per heavy atom. The summed E-state index contributed by atoms with van der Waals surface area (Å²) < 4.78 is 0. The molecule has 0 spiro atoms. The molecule has 0 aromatic carbocycles. The Labute approximate surface area is 113 Å². The fraction of sp³-hybridized carbons (Fsp3) is 0.933. The first kappa shape index (κ1) is 17.4. The minimum atomic E-state index is -0.641. The van der Waals surface area contributed by atoms with E-state index >= 15 is 0 Å². The number of carboxylic acid groups (broad SMARTS) is 1. The fourth-order valence-electron chi connectivity index (χ4n) is 2.31. The third-order valence-corrected chi connectivity index (χ3v) is 4.33. The summed E-state index contributed by atoms with van der Waals surface area (Å²) in [5.74, 6) is -0.641. The van der Waals surface area contributed by atoms with Gasteiger partial charge in [0.15, 0.2) is 0 Å². The highest BCUT2D eigenvalue weighted by Gasteiger charge is 2.37. The second-order valence-corrected chi connectivity index (χ2v) is 5.37. The Balaban J connectivity index is 4.84. The van der Waals surface area contributed by atoms with E-state index in [0.717, 1.165) is 25.8 Å². The standard InChI is InChI=1S/C15H31NO2/c1-6-10-11-16(13(5)7-2)12-15(8-3,9-4)14(17)18/h13H,6-12H2,1-5H3,(H,17,18). The van der Waals surface area contributed by atoms with Gasteiger partial charge in [-0.25, -0.2) is 0 Å². The molecule has 0 saturated heterocycles. The van der Waals surface area contributed by atoms with Crippen molar-refractivity contribution in [2.45, 2.75) is 72.8 Å². The number of unbranched alkanes of at least 4 members (excludes halogenated alkanes) is 1. The lowest BCUT2D eigenvalue weighted by Crippen LogP contribution is -2.46. The maximum absolute atomic E-state index is 11.6. The second-order valence-electron chi connectivity index (χ2n) is 5.37. The SMILES string of the molecule is CCCCN(CC(CC)(CC)C(=O)O)C(C)CC. The average molecular weight is 257 g/mol. The molecule has 0 aliphatic carbocycles. The van der Waals surface area contributed by atoms with Gasteiger partial charge in [-0.05, 0) is 39.2 Å². The van der Waals surface area contributed by atoms with E-state index in [0.29, 0.717) is 25.4 Å². The molecule has 0 aromatic heterocycles. The van der Waals surface area contributed by atoms with Crippen LogP contribution in [0.1, 0.15) is 66.7 Å². The lowest BCUT2D eigenvalue weighted by molar-refractivity contribution is -0.151. The molecule has 1 N–H and O–H groups in total. The van der Waals surface area contributed by atoms with Crippen LogP contribution in [0.5, 0.6) is 0 Å². The van der Waals surface area contributed by atoms with Crippen LogP contribution in [-0.4, -0.2) is 35.1 Å². The number of carbonyl (C=O) groups is 1. The monoisotopic (exact) mass is 257 g/mol. The summed E-state index contributed by atoms with van der Waals surface area (Å²) in [4.78, 5) is 13.9. The van der Waals surface area contributed by atoms with Gasteiger partial charge in [-0.15, -0.1) is 0 Å². The van der Waals surface area contributed by atoms with Crippen LogP contribution in [0.3, 0.4) is 0 Å². The van der Waals surface area contributed by atoms with Crippen molar-refractivity contribution in [3.63, 3.8) is 0 Å². The summed E-state index contributed by atoms with van der Waals surface area (Å²) in [6, 6.07) is 0.466. The summed E-state index contributed by atoms with van der Waals surface area (Å²) in [6.07, 6.45) is 4.79. The predicted octanol–water partition coefficient (Wildman–Crippen LogP) is 3.78. The van der Waals surface area contributed by atoms with Gasteiger partial charge in [-0.2, -0.15) is 0 Å². The first-order chi connectivity index (χ1) is 8.47. The van der Waals surface area contributed by atoms with Crippen LogP contribution >= 0.6 is 0 Å². The van der Waals surface area contributed by atoms with Gasteiger partial charge in [0, 0.05) is 12.6 Å². The van der Waals surface area contributed by atoms with Gasteiger partial charge in [-0.1, -0.05) is 34.1 Å². The predicted molar refractivity (Wildman–Crippen MR) is 76.9 cm³/mol. The van der Waals surface area contributed by atoms with E-state index in [9.17, 15) is 9.90 Å². The number of rotatable bonds is 10. The van der Waals surface area contributed by atoms with Gasteiger partial charge in [0.05, 0.1) is 5.41 Å². The number of carboxylic acids is 1. The van der Waals surface area contributed by atoms with Crippen LogP contribution in [0.2, 0.25) is 0 Å². The Kier molecular flexibility index (Phi) is 8.25. The summed E-state index contributed by atoms with van der Waals surface area (Å²) in [5.41, 5.74) is -0.572. The summed E-state index contributed by atoms with van der Waals surface area (Å²) in [5, 5.41) is 9.53. The molecule has 3 heteroatoms. The maximum Gasteiger partial charge on any atom is 0.310 e. The van der Waals surface area contributed by atoms with Crippen molar-refractivity contribution in [2.75, 3.05) is 13.1 Å². The van der Waals surface area contributed by atoms with Crippen LogP contribution in [0.15, 0.2) is 0 Å². The summed E-state index contributed by atoms with van der Waals surface area (Å²) in [6.45, 7) is 12.2. The smallest absolute Gasteiger partial charge is 0.310 e. The molecule has 0 bridgehead atoms. The molecule has 0 aliphatic rings. The first-order valence-electron chi connectivity index (χ1n) is 7.44. The van der Waals surface area contributed by atoms with Crippen LogP contribution in [0.4, 0.5) is 0 Å². The van der Waals surface area contributed by atoms with Crippen molar-refractivity contribution in [3.8, 4) is 0 Å². The molecule has 108 valence electrons. The van der Waals surface area contributed by atoms with E-state index in [1.54, 1.807) is 0 Å². The van der Waals surface area contributed by atoms with E-state index in [1.165, 1.54) is 0 Å². The number of hydrogen-bond donors (Lipinski definition) is 1. The van der Waals surface area contributed by atoms with E-state index < -0.39 is 11.4 Å². The molecule has 1 atom stereocenters. The van der Waals surface area contributed by atoms with Gasteiger partial charge in [0.2, 0.25) is 0 Å². The number of hydrogen-bond acceptors (Lipinski definition) is 2. The molecule has 0 aliphatic heterocycles. The zero-order valence-corrected chi connectivity index (χ0v) is 12.8. The molecule has 18 heavy (non-hydrogen) atoms. The topological polar surface area (TPSA) is 40.5 Å². The van der Waals surface area contributed by atoms with Crippen LogP contribution < -0.4 is 0 Å². The average Bonchev–Trinajstić information content (AvgIpc) is 2.38. The molecule has 0 saturated carbocycles. The number of aliphatic carboxylic acids is 1. The second kappa shape index (κ2) is 8.52. The maximum atomic E-state index is 11.6. The molecular weight excluding hydrogens is 226 g/mol. The third kappa shape index (κ3) is 4.60. The lowest BCUT2D eigenvalue weighted by atomic mass is 9.81. The van der Waals surface area contributed by atoms with Crippen molar-refractivity contribution in [1.82, 2.24) is 4.90 Å². The van der Waals surface area contributed by atoms with Gasteiger partial charge < -0.3 is 5.11 Å². The van der Waals surface area contributed by atoms with E-state index in [-0.39, 0.29) is 0 Å². The quantitative estimate of drug-likeness (QED) is 0.647. The largest absolute Gasteiger partial charge is 0.481 e. The van der Waals surface area contributed by atoms with Gasteiger partial charge in [0.1, 0.15) is 0 Å². The zero-order valence-electron chi connectivity index (χ0n) is 12.8. The van der Waals surface area contributed by atoms with Crippen molar-refractivity contribution < 1.29 is 9.90 Å². The molecule has 1 unspecified atom stereocenters. The van der Waals surface area contributed by atoms with Crippen molar-refractivity contribution in [3.05, 3.63) is 0 Å². The minimum Gasteiger partial charge on any atom is -0.481 e. The molecule has 0 heterocycles. The Morgan fingerprint density at radius 3 is 2.11 bits per heavy atom. The van der Waals surface area contributed by atoms with Crippen LogP contribution in [0.25, 0.3) is 0 Å². The summed E-state index contributed by atoms with van der Waals surface area (Å²) >= 11 is 0. The normalized spacial score (nSPS) is 13.9. The van der Waals surface area contributed by atoms with E-state index in [4.69, 9.17) is 0 Å².